The van der Waals surface area contributed by atoms with Gasteiger partial charge in [0.05, 0.1) is 0 Å². The van der Waals surface area contributed by atoms with Crippen LogP contribution in [-0.2, 0) is 14.8 Å². The third-order valence-corrected chi connectivity index (χ3v) is 5.85. The predicted molar refractivity (Wildman–Crippen MR) is 109 cm³/mol. The summed E-state index contributed by atoms with van der Waals surface area (Å²) in [6.45, 7) is 1.97. The van der Waals surface area contributed by atoms with Crippen LogP contribution in [0.4, 0.5) is 0 Å². The highest BCUT2D eigenvalue weighted by Crippen LogP contribution is 2.26. The number of nitrogens with one attached hydrogen (secondary N) is 1. The van der Waals surface area contributed by atoms with Crippen molar-refractivity contribution in [1.82, 2.24) is 4.72 Å². The molecular weight excluding hydrogens is 362 g/mol. The molecule has 0 heterocycles. The van der Waals surface area contributed by atoms with Gasteiger partial charge in [-0.05, 0) is 56.6 Å². The van der Waals surface area contributed by atoms with Gasteiger partial charge >= 0.3 is 5.97 Å². The lowest BCUT2D eigenvalue weighted by molar-refractivity contribution is -0.137. The Hall–Kier alpha value is -1.92. The predicted octanol–water partition coefficient (Wildman–Crippen LogP) is 4.26. The van der Waals surface area contributed by atoms with E-state index in [0.717, 1.165) is 43.2 Å². The van der Waals surface area contributed by atoms with E-state index in [9.17, 15) is 13.2 Å². The Kier molecular flexibility index (Phi) is 8.25. The summed E-state index contributed by atoms with van der Waals surface area (Å²) in [5.41, 5.74) is 1.96. The zero-order valence-electron chi connectivity index (χ0n) is 15.8. The molecule has 0 aliphatic heterocycles. The van der Waals surface area contributed by atoms with Gasteiger partial charge in [-0.25, -0.2) is 13.1 Å². The minimum Gasteiger partial charge on any atom is -0.481 e. The standard InChI is InChI=1S/C21H29NO4S/c1-17-7-5-9-19(15-17)13-14-27(25,26)22-20-11-6-10-18(16-20)8-3-2-4-12-21(23)24/h3,5,7-9,13-15,18,20,22H,2,4,6,10-12,16H2,1H3,(H,23,24)/b8-3+,14-13+. The molecule has 5 nitrogen and oxygen atoms in total. The van der Waals surface area contributed by atoms with Gasteiger partial charge in [-0.1, -0.05) is 48.4 Å². The molecule has 148 valence electrons. The number of benzene rings is 1. The van der Waals surface area contributed by atoms with E-state index in [1.807, 2.05) is 37.3 Å². The number of aryl methyl sites for hydroxylation is 1. The summed E-state index contributed by atoms with van der Waals surface area (Å²) in [6.07, 6.45) is 11.0. The van der Waals surface area contributed by atoms with Gasteiger partial charge < -0.3 is 5.11 Å². The number of sulfonamides is 1. The number of hydrogen-bond acceptors (Lipinski definition) is 3. The van der Waals surface area contributed by atoms with Crippen molar-refractivity contribution in [1.29, 1.82) is 0 Å². The second kappa shape index (κ2) is 10.4. The molecule has 2 atom stereocenters. The fourth-order valence-electron chi connectivity index (χ4n) is 3.38. The first kappa shape index (κ1) is 21.4. The smallest absolute Gasteiger partial charge is 0.303 e. The summed E-state index contributed by atoms with van der Waals surface area (Å²) in [7, 11) is -3.47. The minimum absolute atomic E-state index is 0.0559. The molecule has 1 aliphatic carbocycles. The molecule has 0 aromatic heterocycles. The fourth-order valence-corrected chi connectivity index (χ4v) is 4.48. The highest BCUT2D eigenvalue weighted by molar-refractivity contribution is 7.92. The van der Waals surface area contributed by atoms with Crippen LogP contribution in [0.2, 0.25) is 0 Å². The summed E-state index contributed by atoms with van der Waals surface area (Å²) in [6, 6.07) is 7.65. The molecule has 0 saturated heterocycles. The monoisotopic (exact) mass is 391 g/mol. The van der Waals surface area contributed by atoms with E-state index in [-0.39, 0.29) is 12.5 Å². The minimum atomic E-state index is -3.47. The van der Waals surface area contributed by atoms with Crippen LogP contribution in [0.1, 0.15) is 56.1 Å². The summed E-state index contributed by atoms with van der Waals surface area (Å²) in [4.78, 5) is 10.5. The number of carbonyl (C=O) groups is 1. The van der Waals surface area contributed by atoms with Crippen LogP contribution in [-0.4, -0.2) is 25.5 Å². The highest BCUT2D eigenvalue weighted by atomic mass is 32.2. The van der Waals surface area contributed by atoms with E-state index in [4.69, 9.17) is 5.11 Å². The summed E-state index contributed by atoms with van der Waals surface area (Å²) >= 11 is 0. The highest BCUT2D eigenvalue weighted by Gasteiger charge is 2.23. The van der Waals surface area contributed by atoms with Gasteiger partial charge in [-0.15, -0.1) is 0 Å². The summed E-state index contributed by atoms with van der Waals surface area (Å²) in [5, 5.41) is 9.88. The van der Waals surface area contributed by atoms with Gasteiger partial charge in [0.1, 0.15) is 0 Å². The van der Waals surface area contributed by atoms with Gasteiger partial charge in [0.2, 0.25) is 10.0 Å². The Morgan fingerprint density at radius 3 is 2.89 bits per heavy atom. The Balaban J connectivity index is 1.84. The molecule has 1 saturated carbocycles. The number of carboxylic acids is 1. The van der Waals surface area contributed by atoms with Gasteiger partial charge in [0.25, 0.3) is 0 Å². The quantitative estimate of drug-likeness (QED) is 0.487. The van der Waals surface area contributed by atoms with Gasteiger partial charge in [-0.3, -0.25) is 4.79 Å². The summed E-state index contributed by atoms with van der Waals surface area (Å²) in [5.74, 6) is -0.425. The number of allylic oxidation sites excluding steroid dienone is 2. The lowest BCUT2D eigenvalue weighted by Gasteiger charge is -2.27. The maximum Gasteiger partial charge on any atom is 0.303 e. The molecule has 0 amide bonds. The van der Waals surface area contributed by atoms with Crippen LogP contribution in [0.25, 0.3) is 6.08 Å². The molecule has 2 N–H and O–H groups in total. The van der Waals surface area contributed by atoms with Crippen LogP contribution in [0.15, 0.2) is 41.8 Å². The molecule has 1 aromatic carbocycles. The molecule has 1 fully saturated rings. The molecule has 0 spiro atoms. The van der Waals surface area contributed by atoms with Crippen LogP contribution in [0.5, 0.6) is 0 Å². The van der Waals surface area contributed by atoms with Crippen LogP contribution >= 0.6 is 0 Å². The average Bonchev–Trinajstić information content (AvgIpc) is 2.60. The van der Waals surface area contributed by atoms with Crippen molar-refractivity contribution in [3.8, 4) is 0 Å². The third-order valence-electron chi connectivity index (χ3n) is 4.70. The van der Waals surface area contributed by atoms with Gasteiger partial charge in [0, 0.05) is 17.9 Å². The van der Waals surface area contributed by atoms with E-state index in [0.29, 0.717) is 12.3 Å². The van der Waals surface area contributed by atoms with E-state index in [1.165, 1.54) is 5.41 Å². The lowest BCUT2D eigenvalue weighted by Crippen LogP contribution is -2.37. The van der Waals surface area contributed by atoms with E-state index >= 15 is 0 Å². The maximum atomic E-state index is 12.4. The largest absolute Gasteiger partial charge is 0.481 e. The SMILES string of the molecule is Cc1cccc(/C=C/S(=O)(=O)NC2CCCC(/C=C/CCCC(=O)O)C2)c1. The molecular formula is C21H29NO4S. The van der Waals surface area contributed by atoms with E-state index in [1.54, 1.807) is 6.08 Å². The van der Waals surface area contributed by atoms with Crippen LogP contribution < -0.4 is 4.72 Å². The summed E-state index contributed by atoms with van der Waals surface area (Å²) < 4.78 is 27.5. The number of aliphatic carboxylic acids is 1. The molecule has 2 rings (SSSR count). The van der Waals surface area contributed by atoms with Crippen molar-refractivity contribution in [3.63, 3.8) is 0 Å². The molecule has 1 aromatic rings. The number of hydrogen-bond donors (Lipinski definition) is 2. The van der Waals surface area contributed by atoms with Crippen molar-refractivity contribution in [2.24, 2.45) is 5.92 Å². The first-order valence-electron chi connectivity index (χ1n) is 9.49. The van der Waals surface area contributed by atoms with Crippen LogP contribution in [0, 0.1) is 12.8 Å². The molecule has 1 aliphatic rings. The second-order valence-electron chi connectivity index (χ2n) is 7.22. The van der Waals surface area contributed by atoms with Crippen molar-refractivity contribution in [2.45, 2.75) is 57.9 Å². The maximum absolute atomic E-state index is 12.4. The Morgan fingerprint density at radius 1 is 1.33 bits per heavy atom. The van der Waals surface area contributed by atoms with Crippen molar-refractivity contribution >= 4 is 22.1 Å². The Labute approximate surface area is 162 Å². The molecule has 0 radical (unpaired) electrons. The lowest BCUT2D eigenvalue weighted by atomic mass is 9.86. The second-order valence-corrected chi connectivity index (χ2v) is 8.82. The zero-order valence-corrected chi connectivity index (χ0v) is 16.6. The van der Waals surface area contributed by atoms with Crippen molar-refractivity contribution < 1.29 is 18.3 Å². The average molecular weight is 392 g/mol. The fraction of sp³-hybridized carbons (Fsp3) is 0.476. The molecule has 2 unspecified atom stereocenters. The molecule has 0 bridgehead atoms. The van der Waals surface area contributed by atoms with Crippen molar-refractivity contribution in [3.05, 3.63) is 53.0 Å². The number of unbranched alkanes of at least 4 members (excludes halogenated alkanes) is 1. The Morgan fingerprint density at radius 2 is 2.15 bits per heavy atom. The normalized spacial score (nSPS) is 21.1. The van der Waals surface area contributed by atoms with E-state index in [2.05, 4.69) is 10.8 Å². The molecule has 27 heavy (non-hydrogen) atoms. The van der Waals surface area contributed by atoms with Gasteiger partial charge in [0.15, 0.2) is 0 Å². The zero-order chi connectivity index (χ0) is 19.7. The third kappa shape index (κ3) is 8.54. The molecule has 6 heteroatoms. The first-order chi connectivity index (χ1) is 12.8. The van der Waals surface area contributed by atoms with Gasteiger partial charge in [-0.2, -0.15) is 0 Å². The Bertz CT molecular complexity index is 783. The van der Waals surface area contributed by atoms with Crippen LogP contribution in [0.3, 0.4) is 0 Å². The number of carboxylic acid groups (broad SMARTS) is 1. The van der Waals surface area contributed by atoms with E-state index < -0.39 is 16.0 Å². The number of rotatable bonds is 9. The topological polar surface area (TPSA) is 83.5 Å². The van der Waals surface area contributed by atoms with Crippen molar-refractivity contribution in [2.75, 3.05) is 0 Å². The first-order valence-corrected chi connectivity index (χ1v) is 11.0.